The third-order valence-electron chi connectivity index (χ3n) is 5.01. The Hall–Kier alpha value is -2.33. The summed E-state index contributed by atoms with van der Waals surface area (Å²) >= 11 is 0. The summed E-state index contributed by atoms with van der Waals surface area (Å²) in [7, 11) is 3.62. The predicted molar refractivity (Wildman–Crippen MR) is 83.5 cm³/mol. The van der Waals surface area contributed by atoms with Crippen LogP contribution in [-0.4, -0.2) is 76.4 Å². The van der Waals surface area contributed by atoms with Gasteiger partial charge in [0.25, 0.3) is 5.91 Å². The van der Waals surface area contributed by atoms with Crippen LogP contribution in [0.25, 0.3) is 0 Å². The van der Waals surface area contributed by atoms with E-state index >= 15 is 0 Å². The number of carbonyl (C=O) groups excluding carboxylic acids is 2. The molecule has 3 rings (SSSR count). The van der Waals surface area contributed by atoms with Crippen molar-refractivity contribution in [2.45, 2.75) is 12.0 Å². The number of hydrogen-bond donors (Lipinski definition) is 0. The highest BCUT2D eigenvalue weighted by Crippen LogP contribution is 2.33. The van der Waals surface area contributed by atoms with E-state index in [0.29, 0.717) is 38.3 Å². The summed E-state index contributed by atoms with van der Waals surface area (Å²) in [4.78, 5) is 30.9. The number of piperazine rings is 1. The van der Waals surface area contributed by atoms with E-state index in [9.17, 15) is 9.59 Å². The number of aryl methyl sites for hydroxylation is 1. The molecule has 1 aromatic rings. The molecule has 7 nitrogen and oxygen atoms in total. The van der Waals surface area contributed by atoms with Gasteiger partial charge in [-0.15, -0.1) is 0 Å². The van der Waals surface area contributed by atoms with E-state index in [4.69, 9.17) is 5.26 Å². The molecule has 7 heteroatoms. The largest absolute Gasteiger partial charge is 0.347 e. The van der Waals surface area contributed by atoms with Gasteiger partial charge in [-0.05, 0) is 18.6 Å². The van der Waals surface area contributed by atoms with Gasteiger partial charge in [0.1, 0.15) is 11.2 Å². The maximum Gasteiger partial charge on any atom is 0.270 e. The van der Waals surface area contributed by atoms with Crippen molar-refractivity contribution in [1.29, 1.82) is 5.26 Å². The number of rotatable bonds is 2. The molecule has 0 unspecified atom stereocenters. The van der Waals surface area contributed by atoms with E-state index in [0.717, 1.165) is 0 Å². The number of likely N-dealkylation sites (tertiary alicyclic amines) is 1. The average Bonchev–Trinajstić information content (AvgIpc) is 3.15. The molecule has 0 aromatic carbocycles. The van der Waals surface area contributed by atoms with E-state index in [1.165, 1.54) is 0 Å². The minimum Gasteiger partial charge on any atom is -0.347 e. The Labute approximate surface area is 135 Å². The summed E-state index contributed by atoms with van der Waals surface area (Å²) < 4.78 is 1.79. The average molecular weight is 315 g/mol. The van der Waals surface area contributed by atoms with Gasteiger partial charge in [-0.3, -0.25) is 14.5 Å². The van der Waals surface area contributed by atoms with Gasteiger partial charge in [0.05, 0.1) is 12.6 Å². The zero-order valence-corrected chi connectivity index (χ0v) is 13.5. The molecule has 23 heavy (non-hydrogen) atoms. The lowest BCUT2D eigenvalue weighted by Gasteiger charge is -2.45. The Balaban J connectivity index is 1.86. The zero-order valence-electron chi connectivity index (χ0n) is 13.5. The Kier molecular flexibility index (Phi) is 3.86. The lowest BCUT2D eigenvalue weighted by Crippen LogP contribution is -2.66. The van der Waals surface area contributed by atoms with Crippen LogP contribution in [0.15, 0.2) is 18.3 Å². The minimum atomic E-state index is -0.746. The molecule has 2 fully saturated rings. The molecule has 122 valence electrons. The molecule has 0 saturated carbocycles. The summed E-state index contributed by atoms with van der Waals surface area (Å²) in [5.41, 5.74) is -0.130. The van der Waals surface area contributed by atoms with Crippen LogP contribution < -0.4 is 0 Å². The van der Waals surface area contributed by atoms with Gasteiger partial charge in [-0.25, -0.2) is 0 Å². The normalized spacial score (nSPS) is 25.2. The van der Waals surface area contributed by atoms with Gasteiger partial charge in [0.15, 0.2) is 0 Å². The molecule has 2 aliphatic heterocycles. The summed E-state index contributed by atoms with van der Waals surface area (Å²) in [6.45, 7) is 2.38. The van der Waals surface area contributed by atoms with Crippen LogP contribution in [0, 0.1) is 11.3 Å². The van der Waals surface area contributed by atoms with Crippen molar-refractivity contribution in [2.24, 2.45) is 7.05 Å². The quantitative estimate of drug-likeness (QED) is 0.715. The van der Waals surface area contributed by atoms with Crippen molar-refractivity contribution in [3.63, 3.8) is 0 Å². The lowest BCUT2D eigenvalue weighted by molar-refractivity contribution is -0.148. The molecule has 0 N–H and O–H groups in total. The minimum absolute atomic E-state index is 0.0150. The van der Waals surface area contributed by atoms with Crippen molar-refractivity contribution < 1.29 is 9.59 Å². The maximum atomic E-state index is 12.8. The van der Waals surface area contributed by atoms with Crippen molar-refractivity contribution >= 4 is 11.8 Å². The SMILES string of the molecule is CN1CCN(CC#N)[C@@]2(CCN(C(=O)c3cccn3C)C2)C1=O. The first-order valence-corrected chi connectivity index (χ1v) is 7.78. The number of likely N-dealkylation sites (N-methyl/N-ethyl adjacent to an activating group) is 1. The lowest BCUT2D eigenvalue weighted by atomic mass is 9.91. The Morgan fingerprint density at radius 2 is 2.13 bits per heavy atom. The fraction of sp³-hybridized carbons (Fsp3) is 0.562. The fourth-order valence-electron chi connectivity index (χ4n) is 3.64. The monoisotopic (exact) mass is 315 g/mol. The summed E-state index contributed by atoms with van der Waals surface area (Å²) in [6.07, 6.45) is 2.41. The number of nitrogens with zero attached hydrogens (tertiary/aromatic N) is 5. The molecular weight excluding hydrogens is 294 g/mol. The second-order valence-electron chi connectivity index (χ2n) is 6.32. The summed E-state index contributed by atoms with van der Waals surface area (Å²) in [5, 5.41) is 9.08. The first kappa shape index (κ1) is 15.6. The molecular formula is C16H21N5O2. The highest BCUT2D eigenvalue weighted by Gasteiger charge is 2.53. The van der Waals surface area contributed by atoms with Gasteiger partial charge < -0.3 is 14.4 Å². The standard InChI is InChI=1S/C16H21N5O2/c1-18-7-3-4-13(18)14(22)20-8-5-16(12-20)15(23)19(2)10-11-21(16)9-6-17/h3-4,7H,5,8-12H2,1-2H3/t16-/m1/s1. The summed E-state index contributed by atoms with van der Waals surface area (Å²) in [5.74, 6) is -0.0477. The predicted octanol–water partition coefficient (Wildman–Crippen LogP) is -0.0926. The number of amides is 2. The van der Waals surface area contributed by atoms with Crippen LogP contribution in [-0.2, 0) is 11.8 Å². The third kappa shape index (κ3) is 2.39. The number of carbonyl (C=O) groups is 2. The maximum absolute atomic E-state index is 12.8. The van der Waals surface area contributed by atoms with Crippen LogP contribution >= 0.6 is 0 Å². The van der Waals surface area contributed by atoms with Gasteiger partial charge in [0, 0.05) is 46.5 Å². The Morgan fingerprint density at radius 3 is 2.78 bits per heavy atom. The van der Waals surface area contributed by atoms with Crippen molar-refractivity contribution in [3.05, 3.63) is 24.0 Å². The van der Waals surface area contributed by atoms with E-state index in [-0.39, 0.29) is 18.4 Å². The van der Waals surface area contributed by atoms with Crippen LogP contribution in [0.3, 0.4) is 0 Å². The van der Waals surface area contributed by atoms with Crippen LogP contribution in [0.2, 0.25) is 0 Å². The number of aromatic nitrogens is 1. The Bertz CT molecular complexity index is 676. The number of nitriles is 1. The number of hydrogen-bond acceptors (Lipinski definition) is 4. The molecule has 1 aromatic heterocycles. The van der Waals surface area contributed by atoms with Gasteiger partial charge >= 0.3 is 0 Å². The first-order valence-electron chi connectivity index (χ1n) is 7.78. The van der Waals surface area contributed by atoms with E-state index in [1.807, 2.05) is 24.2 Å². The zero-order chi connectivity index (χ0) is 16.6. The topological polar surface area (TPSA) is 72.6 Å². The van der Waals surface area contributed by atoms with Crippen LogP contribution in [0.5, 0.6) is 0 Å². The second kappa shape index (κ2) is 5.70. The van der Waals surface area contributed by atoms with Crippen molar-refractivity contribution in [2.75, 3.05) is 39.8 Å². The second-order valence-corrected chi connectivity index (χ2v) is 6.32. The molecule has 0 radical (unpaired) electrons. The third-order valence-corrected chi connectivity index (χ3v) is 5.01. The molecule has 2 saturated heterocycles. The van der Waals surface area contributed by atoms with E-state index in [1.54, 1.807) is 27.5 Å². The molecule has 0 bridgehead atoms. The highest BCUT2D eigenvalue weighted by molar-refractivity contribution is 5.95. The summed E-state index contributed by atoms with van der Waals surface area (Å²) in [6, 6.07) is 5.77. The smallest absolute Gasteiger partial charge is 0.270 e. The fourth-order valence-corrected chi connectivity index (χ4v) is 3.64. The Morgan fingerprint density at radius 1 is 1.35 bits per heavy atom. The molecule has 0 aliphatic carbocycles. The van der Waals surface area contributed by atoms with Crippen molar-refractivity contribution in [3.8, 4) is 6.07 Å². The van der Waals surface area contributed by atoms with E-state index < -0.39 is 5.54 Å². The highest BCUT2D eigenvalue weighted by atomic mass is 16.2. The van der Waals surface area contributed by atoms with Gasteiger partial charge in [-0.1, -0.05) is 0 Å². The molecule has 2 amide bonds. The van der Waals surface area contributed by atoms with Crippen molar-refractivity contribution in [1.82, 2.24) is 19.3 Å². The van der Waals surface area contributed by atoms with Gasteiger partial charge in [-0.2, -0.15) is 5.26 Å². The van der Waals surface area contributed by atoms with Gasteiger partial charge in [0.2, 0.25) is 5.91 Å². The molecule has 1 spiro atoms. The first-order chi connectivity index (χ1) is 11.0. The van der Waals surface area contributed by atoms with Crippen LogP contribution in [0.4, 0.5) is 0 Å². The molecule has 3 heterocycles. The molecule has 2 aliphatic rings. The van der Waals surface area contributed by atoms with Crippen LogP contribution in [0.1, 0.15) is 16.9 Å². The molecule has 1 atom stereocenters. The van der Waals surface area contributed by atoms with E-state index in [2.05, 4.69) is 6.07 Å².